The first kappa shape index (κ1) is 3.65. The molecular formula is C4H2N2O2. The van der Waals surface area contributed by atoms with Gasteiger partial charge in [0.2, 0.25) is 5.88 Å². The first-order valence-electron chi connectivity index (χ1n) is 2.11. The maximum Gasteiger partial charge on any atom is 0.312 e. The molecule has 0 radical (unpaired) electrons. The quantitative estimate of drug-likeness (QED) is 0.561. The van der Waals surface area contributed by atoms with Gasteiger partial charge < -0.3 is 9.52 Å². The van der Waals surface area contributed by atoms with Gasteiger partial charge in [0, 0.05) is 6.07 Å². The van der Waals surface area contributed by atoms with Crippen LogP contribution >= 0.6 is 0 Å². The van der Waals surface area contributed by atoms with Crippen molar-refractivity contribution in [1.82, 2.24) is 0 Å². The van der Waals surface area contributed by atoms with Crippen LogP contribution in [0.1, 0.15) is 0 Å². The Morgan fingerprint density at radius 3 is 2.62 bits per heavy atom. The Balaban J connectivity index is 2.81. The Bertz CT molecular complexity index is 251. The van der Waals surface area contributed by atoms with Crippen LogP contribution in [0.25, 0.3) is 0 Å². The Morgan fingerprint density at radius 2 is 2.38 bits per heavy atom. The minimum Gasteiger partial charge on any atom is -0.479 e. The lowest BCUT2D eigenvalue weighted by Crippen LogP contribution is -1.54. The molecule has 40 valence electrons. The third-order valence-electron chi connectivity index (χ3n) is 0.937. The molecule has 4 nitrogen and oxygen atoms in total. The zero-order valence-corrected chi connectivity index (χ0v) is 3.83. The van der Waals surface area contributed by atoms with Gasteiger partial charge in [-0.2, -0.15) is 0 Å². The van der Waals surface area contributed by atoms with Gasteiger partial charge in [0.05, 0.1) is 0 Å². The van der Waals surface area contributed by atoms with E-state index in [4.69, 9.17) is 5.11 Å². The summed E-state index contributed by atoms with van der Waals surface area (Å²) >= 11 is 0. The topological polar surface area (TPSA) is 58.1 Å². The molecule has 2 rings (SSSR count). The SMILES string of the molecule is Oc1oc2cc1N=N2. The number of nitrogens with zero attached hydrogens (tertiary/aromatic N) is 2. The van der Waals surface area contributed by atoms with E-state index in [9.17, 15) is 0 Å². The zero-order chi connectivity index (χ0) is 5.56. The number of azo groups is 1. The number of fused-ring (bicyclic) bond motifs is 2. The fraction of sp³-hybridized carbons (Fsp3) is 0. The lowest BCUT2D eigenvalue weighted by Gasteiger charge is -1.85. The minimum atomic E-state index is -0.144. The van der Waals surface area contributed by atoms with Gasteiger partial charge in [-0.05, 0) is 0 Å². The highest BCUT2D eigenvalue weighted by atomic mass is 16.5. The molecular weight excluding hydrogens is 108 g/mol. The molecule has 0 aliphatic carbocycles. The average molecular weight is 110 g/mol. The Kier molecular flexibility index (Phi) is 0.417. The van der Waals surface area contributed by atoms with Crippen LogP contribution in [0.2, 0.25) is 0 Å². The Labute approximate surface area is 44.5 Å². The predicted octanol–water partition coefficient (Wildman–Crippen LogP) is 1.71. The second-order valence-electron chi connectivity index (χ2n) is 1.48. The van der Waals surface area contributed by atoms with Gasteiger partial charge in [0.25, 0.3) is 0 Å². The third kappa shape index (κ3) is 0.258. The molecule has 1 aliphatic rings. The fourth-order valence-corrected chi connectivity index (χ4v) is 0.584. The van der Waals surface area contributed by atoms with Crippen molar-refractivity contribution < 1.29 is 9.52 Å². The molecule has 0 saturated carbocycles. The molecule has 2 bridgehead atoms. The molecule has 1 aromatic rings. The monoisotopic (exact) mass is 110 g/mol. The molecule has 8 heavy (non-hydrogen) atoms. The van der Waals surface area contributed by atoms with E-state index in [1.165, 1.54) is 0 Å². The number of aromatic hydroxyl groups is 1. The summed E-state index contributed by atoms with van der Waals surface area (Å²) in [5, 5.41) is 15.7. The normalized spacial score (nSPS) is 13.0. The summed E-state index contributed by atoms with van der Waals surface area (Å²) in [4.78, 5) is 0. The molecule has 0 unspecified atom stereocenters. The largest absolute Gasteiger partial charge is 0.479 e. The lowest BCUT2D eigenvalue weighted by molar-refractivity contribution is 0.333. The van der Waals surface area contributed by atoms with Crippen molar-refractivity contribution in [1.29, 1.82) is 0 Å². The van der Waals surface area contributed by atoms with Crippen LogP contribution < -0.4 is 0 Å². The van der Waals surface area contributed by atoms with E-state index in [2.05, 4.69) is 14.6 Å². The van der Waals surface area contributed by atoms with E-state index in [0.29, 0.717) is 11.6 Å². The van der Waals surface area contributed by atoms with Crippen LogP contribution in [-0.4, -0.2) is 5.11 Å². The van der Waals surface area contributed by atoms with Crippen LogP contribution in [-0.2, 0) is 0 Å². The molecule has 0 spiro atoms. The van der Waals surface area contributed by atoms with Crippen LogP contribution in [0, 0.1) is 0 Å². The van der Waals surface area contributed by atoms with Crippen molar-refractivity contribution in [3.05, 3.63) is 6.07 Å². The summed E-state index contributed by atoms with van der Waals surface area (Å²) in [6, 6.07) is 1.56. The van der Waals surface area contributed by atoms with Crippen molar-refractivity contribution in [2.45, 2.75) is 0 Å². The van der Waals surface area contributed by atoms with Crippen molar-refractivity contribution in [2.24, 2.45) is 10.2 Å². The summed E-state index contributed by atoms with van der Waals surface area (Å²) in [6.07, 6.45) is 0. The molecule has 0 atom stereocenters. The predicted molar refractivity (Wildman–Crippen MR) is 24.5 cm³/mol. The summed E-state index contributed by atoms with van der Waals surface area (Å²) in [5.41, 5.74) is 0.417. The molecule has 0 saturated heterocycles. The van der Waals surface area contributed by atoms with E-state index >= 15 is 0 Å². The standard InChI is InChI=1S/C4H2N2O2/c7-4-2-1-3(8-4)6-5-2/h1,7H. The van der Waals surface area contributed by atoms with E-state index in [0.717, 1.165) is 0 Å². The lowest BCUT2D eigenvalue weighted by atomic mass is 10.5. The maximum absolute atomic E-state index is 8.67. The third-order valence-corrected chi connectivity index (χ3v) is 0.937. The molecule has 1 N–H and O–H groups in total. The molecule has 0 aromatic carbocycles. The Hall–Kier alpha value is -1.32. The molecule has 1 aliphatic heterocycles. The highest BCUT2D eigenvalue weighted by Crippen LogP contribution is 2.40. The van der Waals surface area contributed by atoms with E-state index in [1.807, 2.05) is 0 Å². The zero-order valence-electron chi connectivity index (χ0n) is 3.83. The summed E-state index contributed by atoms with van der Waals surface area (Å²) in [5.74, 6) is 0.229. The fourth-order valence-electron chi connectivity index (χ4n) is 0.584. The minimum absolute atomic E-state index is 0.144. The summed E-state index contributed by atoms with van der Waals surface area (Å²) in [7, 11) is 0. The van der Waals surface area contributed by atoms with Crippen LogP contribution in [0.4, 0.5) is 11.6 Å². The highest BCUT2D eigenvalue weighted by molar-refractivity contribution is 5.55. The van der Waals surface area contributed by atoms with Gasteiger partial charge in [-0.1, -0.05) is 0 Å². The second-order valence-corrected chi connectivity index (χ2v) is 1.48. The number of hydrogen-bond acceptors (Lipinski definition) is 4. The van der Waals surface area contributed by atoms with Gasteiger partial charge in [-0.25, -0.2) is 0 Å². The van der Waals surface area contributed by atoms with Crippen LogP contribution in [0.3, 0.4) is 0 Å². The molecule has 1 aromatic heterocycles. The van der Waals surface area contributed by atoms with Gasteiger partial charge in [-0.3, -0.25) is 0 Å². The number of furan rings is 1. The molecule has 0 amide bonds. The van der Waals surface area contributed by atoms with Crippen molar-refractivity contribution in [3.63, 3.8) is 0 Å². The first-order valence-corrected chi connectivity index (χ1v) is 2.11. The Morgan fingerprint density at radius 1 is 1.50 bits per heavy atom. The molecule has 0 fully saturated rings. The van der Waals surface area contributed by atoms with Crippen molar-refractivity contribution in [2.75, 3.05) is 0 Å². The van der Waals surface area contributed by atoms with Crippen LogP contribution in [0.5, 0.6) is 5.95 Å². The van der Waals surface area contributed by atoms with Gasteiger partial charge in [-0.15, -0.1) is 10.2 Å². The van der Waals surface area contributed by atoms with Gasteiger partial charge in [0.1, 0.15) is 0 Å². The van der Waals surface area contributed by atoms with Crippen molar-refractivity contribution in [3.8, 4) is 5.95 Å². The second kappa shape index (κ2) is 0.912. The average Bonchev–Trinajstić information content (AvgIpc) is 2.23. The maximum atomic E-state index is 8.67. The highest BCUT2D eigenvalue weighted by Gasteiger charge is 2.13. The smallest absolute Gasteiger partial charge is 0.312 e. The van der Waals surface area contributed by atoms with E-state index in [1.54, 1.807) is 6.07 Å². The van der Waals surface area contributed by atoms with E-state index < -0.39 is 0 Å². The van der Waals surface area contributed by atoms with E-state index in [-0.39, 0.29) is 5.95 Å². The number of hydrogen-bond donors (Lipinski definition) is 1. The van der Waals surface area contributed by atoms with Crippen LogP contribution in [0.15, 0.2) is 20.7 Å². The number of rotatable bonds is 0. The van der Waals surface area contributed by atoms with Gasteiger partial charge >= 0.3 is 5.95 Å². The van der Waals surface area contributed by atoms with Crippen molar-refractivity contribution >= 4 is 11.6 Å². The molecule has 2 heterocycles. The van der Waals surface area contributed by atoms with Gasteiger partial charge in [0.15, 0.2) is 5.69 Å². The first-order chi connectivity index (χ1) is 3.86. The molecule has 4 heteroatoms. The summed E-state index contributed by atoms with van der Waals surface area (Å²) in [6.45, 7) is 0. The summed E-state index contributed by atoms with van der Waals surface area (Å²) < 4.78 is 4.60.